The quantitative estimate of drug-likeness (QED) is 0.464. The summed E-state index contributed by atoms with van der Waals surface area (Å²) in [5, 5.41) is 14.6. The zero-order chi connectivity index (χ0) is 12.3. The van der Waals surface area contributed by atoms with E-state index in [1.54, 1.807) is 13.0 Å². The van der Waals surface area contributed by atoms with Gasteiger partial charge in [-0.15, -0.1) is 0 Å². The van der Waals surface area contributed by atoms with Gasteiger partial charge >= 0.3 is 5.00 Å². The molecule has 16 heavy (non-hydrogen) atoms. The molecule has 1 aromatic heterocycles. The van der Waals surface area contributed by atoms with E-state index in [9.17, 15) is 10.1 Å². The Bertz CT molecular complexity index is 418. The van der Waals surface area contributed by atoms with Crippen LogP contribution < -0.4 is 0 Å². The molecule has 1 rings (SSSR count). The van der Waals surface area contributed by atoms with Crippen LogP contribution in [-0.2, 0) is 4.84 Å². The standard InChI is InChI=1S/C10H14N2O3S/c1-7(11-15-10(2,3)4)8-5-6-9(16-8)12(13)14/h5-6H,1-4H3. The van der Waals surface area contributed by atoms with Crippen LogP contribution in [0.1, 0.15) is 32.6 Å². The average molecular weight is 242 g/mol. The van der Waals surface area contributed by atoms with Crippen molar-refractivity contribution < 1.29 is 9.76 Å². The first kappa shape index (κ1) is 12.6. The summed E-state index contributed by atoms with van der Waals surface area (Å²) in [6.45, 7) is 7.43. The number of oxime groups is 1. The van der Waals surface area contributed by atoms with E-state index in [1.807, 2.05) is 20.8 Å². The molecule has 0 atom stereocenters. The van der Waals surface area contributed by atoms with Crippen molar-refractivity contribution >= 4 is 22.0 Å². The van der Waals surface area contributed by atoms with Gasteiger partial charge in [0.15, 0.2) is 0 Å². The lowest BCUT2D eigenvalue weighted by atomic mass is 10.2. The normalized spacial score (nSPS) is 12.6. The summed E-state index contributed by atoms with van der Waals surface area (Å²) in [5.74, 6) is 0. The number of thiophene rings is 1. The molecule has 0 aromatic carbocycles. The van der Waals surface area contributed by atoms with Gasteiger partial charge in [0.1, 0.15) is 5.60 Å². The molecule has 0 bridgehead atoms. The largest absolute Gasteiger partial charge is 0.390 e. The SMILES string of the molecule is CC(=NOC(C)(C)C)c1ccc([N+](=O)[O-])s1. The molecular weight excluding hydrogens is 228 g/mol. The molecule has 0 saturated heterocycles. The molecule has 1 heterocycles. The van der Waals surface area contributed by atoms with Gasteiger partial charge in [0.2, 0.25) is 0 Å². The molecule has 0 aliphatic carbocycles. The molecule has 0 aliphatic rings. The second-order valence-electron chi connectivity index (χ2n) is 4.28. The van der Waals surface area contributed by atoms with Crippen molar-refractivity contribution in [3.63, 3.8) is 0 Å². The first-order valence-corrected chi connectivity index (χ1v) is 5.58. The predicted octanol–water partition coefficient (Wildman–Crippen LogP) is 3.20. The molecular formula is C10H14N2O3S. The predicted molar refractivity (Wildman–Crippen MR) is 64.0 cm³/mol. The fraction of sp³-hybridized carbons (Fsp3) is 0.500. The number of hydrogen-bond donors (Lipinski definition) is 0. The second kappa shape index (κ2) is 4.61. The lowest BCUT2D eigenvalue weighted by molar-refractivity contribution is -0.380. The number of rotatable bonds is 3. The highest BCUT2D eigenvalue weighted by Gasteiger charge is 2.14. The van der Waals surface area contributed by atoms with Crippen molar-refractivity contribution in [1.29, 1.82) is 0 Å². The Hall–Kier alpha value is -1.43. The van der Waals surface area contributed by atoms with E-state index in [-0.39, 0.29) is 10.6 Å². The van der Waals surface area contributed by atoms with Crippen LogP contribution >= 0.6 is 11.3 Å². The van der Waals surface area contributed by atoms with Crippen LogP contribution in [0.2, 0.25) is 0 Å². The number of nitro groups is 1. The van der Waals surface area contributed by atoms with Gasteiger partial charge in [-0.05, 0) is 33.8 Å². The van der Waals surface area contributed by atoms with Gasteiger partial charge in [0, 0.05) is 6.07 Å². The molecule has 88 valence electrons. The third kappa shape index (κ3) is 3.62. The Kier molecular flexibility index (Phi) is 3.64. The molecule has 0 saturated carbocycles. The minimum atomic E-state index is -0.411. The smallest absolute Gasteiger partial charge is 0.324 e. The van der Waals surface area contributed by atoms with Crippen LogP contribution in [0.3, 0.4) is 0 Å². The van der Waals surface area contributed by atoms with Gasteiger partial charge in [-0.25, -0.2) is 0 Å². The summed E-state index contributed by atoms with van der Waals surface area (Å²) in [6, 6.07) is 3.14. The van der Waals surface area contributed by atoms with Crippen molar-refractivity contribution in [1.82, 2.24) is 0 Å². The lowest BCUT2D eigenvalue weighted by Crippen LogP contribution is -2.16. The second-order valence-corrected chi connectivity index (χ2v) is 5.34. The lowest BCUT2D eigenvalue weighted by Gasteiger charge is -2.15. The van der Waals surface area contributed by atoms with Crippen molar-refractivity contribution in [2.45, 2.75) is 33.3 Å². The van der Waals surface area contributed by atoms with Gasteiger partial charge in [-0.2, -0.15) is 0 Å². The molecule has 0 unspecified atom stereocenters. The Morgan fingerprint density at radius 2 is 2.12 bits per heavy atom. The van der Waals surface area contributed by atoms with E-state index in [2.05, 4.69) is 5.16 Å². The number of hydrogen-bond acceptors (Lipinski definition) is 5. The summed E-state index contributed by atoms with van der Waals surface area (Å²) >= 11 is 1.09. The molecule has 0 radical (unpaired) electrons. The van der Waals surface area contributed by atoms with Gasteiger partial charge < -0.3 is 4.84 Å². The van der Waals surface area contributed by atoms with Crippen LogP contribution in [-0.4, -0.2) is 16.2 Å². The van der Waals surface area contributed by atoms with Crippen molar-refractivity contribution in [2.24, 2.45) is 5.16 Å². The Morgan fingerprint density at radius 1 is 1.50 bits per heavy atom. The fourth-order valence-electron chi connectivity index (χ4n) is 0.871. The van der Waals surface area contributed by atoms with E-state index in [0.29, 0.717) is 5.71 Å². The zero-order valence-corrected chi connectivity index (χ0v) is 10.5. The molecule has 0 spiro atoms. The van der Waals surface area contributed by atoms with Crippen molar-refractivity contribution in [3.8, 4) is 0 Å². The van der Waals surface area contributed by atoms with Gasteiger partial charge in [0.05, 0.1) is 15.5 Å². The average Bonchev–Trinajstić information content (AvgIpc) is 2.61. The van der Waals surface area contributed by atoms with Crippen LogP contribution in [0.4, 0.5) is 5.00 Å². The van der Waals surface area contributed by atoms with Crippen molar-refractivity contribution in [3.05, 3.63) is 27.1 Å². The highest BCUT2D eigenvalue weighted by Crippen LogP contribution is 2.24. The maximum absolute atomic E-state index is 10.5. The maximum atomic E-state index is 10.5. The number of nitrogens with zero attached hydrogens (tertiary/aromatic N) is 2. The molecule has 1 aromatic rings. The molecule has 0 aliphatic heterocycles. The van der Waals surface area contributed by atoms with Crippen LogP contribution in [0.15, 0.2) is 17.3 Å². The van der Waals surface area contributed by atoms with Crippen LogP contribution in [0.25, 0.3) is 0 Å². The summed E-state index contributed by atoms with van der Waals surface area (Å²) in [7, 11) is 0. The summed E-state index contributed by atoms with van der Waals surface area (Å²) in [5.41, 5.74) is 0.290. The summed E-state index contributed by atoms with van der Waals surface area (Å²) in [6.07, 6.45) is 0. The van der Waals surface area contributed by atoms with E-state index in [4.69, 9.17) is 4.84 Å². The molecule has 0 amide bonds. The third-order valence-electron chi connectivity index (χ3n) is 1.58. The van der Waals surface area contributed by atoms with E-state index in [1.165, 1.54) is 6.07 Å². The molecule has 6 heteroatoms. The first-order chi connectivity index (χ1) is 7.29. The van der Waals surface area contributed by atoms with Gasteiger partial charge in [0.25, 0.3) is 0 Å². The van der Waals surface area contributed by atoms with Gasteiger partial charge in [-0.3, -0.25) is 10.1 Å². The zero-order valence-electron chi connectivity index (χ0n) is 9.68. The monoisotopic (exact) mass is 242 g/mol. The topological polar surface area (TPSA) is 64.7 Å². The Morgan fingerprint density at radius 3 is 2.56 bits per heavy atom. The van der Waals surface area contributed by atoms with E-state index >= 15 is 0 Å². The van der Waals surface area contributed by atoms with Crippen molar-refractivity contribution in [2.75, 3.05) is 0 Å². The highest BCUT2D eigenvalue weighted by molar-refractivity contribution is 7.17. The van der Waals surface area contributed by atoms with Crippen LogP contribution in [0, 0.1) is 10.1 Å². The fourth-order valence-corrected chi connectivity index (χ4v) is 1.63. The minimum Gasteiger partial charge on any atom is -0.390 e. The third-order valence-corrected chi connectivity index (χ3v) is 2.73. The molecule has 0 fully saturated rings. The molecule has 0 N–H and O–H groups in total. The highest BCUT2D eigenvalue weighted by atomic mass is 32.1. The van der Waals surface area contributed by atoms with Crippen LogP contribution in [0.5, 0.6) is 0 Å². The van der Waals surface area contributed by atoms with E-state index in [0.717, 1.165) is 16.2 Å². The summed E-state index contributed by atoms with van der Waals surface area (Å²) in [4.78, 5) is 16.1. The molecule has 5 nitrogen and oxygen atoms in total. The Balaban J connectivity index is 2.80. The maximum Gasteiger partial charge on any atom is 0.324 e. The van der Waals surface area contributed by atoms with Gasteiger partial charge in [-0.1, -0.05) is 16.5 Å². The summed E-state index contributed by atoms with van der Waals surface area (Å²) < 4.78 is 0. The first-order valence-electron chi connectivity index (χ1n) is 4.77. The Labute approximate surface area is 97.9 Å². The van der Waals surface area contributed by atoms with E-state index < -0.39 is 4.92 Å². The minimum absolute atomic E-state index is 0.111.